The van der Waals surface area contributed by atoms with Crippen molar-refractivity contribution in [2.75, 3.05) is 11.9 Å². The number of thioether (sulfide) groups is 1. The van der Waals surface area contributed by atoms with E-state index in [0.29, 0.717) is 5.25 Å². The first-order valence-corrected chi connectivity index (χ1v) is 6.10. The average molecular weight is 211 g/mol. The molecule has 1 N–H and O–H groups in total. The molecule has 1 aliphatic rings. The minimum atomic E-state index is 0.697. The van der Waals surface area contributed by atoms with E-state index in [-0.39, 0.29) is 0 Å². The topological polar surface area (TPSA) is 29.9 Å². The maximum absolute atomic E-state index is 4.51. The van der Waals surface area contributed by atoms with Gasteiger partial charge in [0.05, 0.1) is 11.4 Å². The summed E-state index contributed by atoms with van der Waals surface area (Å²) in [4.78, 5) is 0. The molecule has 0 amide bonds. The number of rotatable bonds is 2. The first-order chi connectivity index (χ1) is 6.76. The SMILES string of the molecule is CCc1nn(C)c2c1NCC(CC)S2. The molecule has 0 saturated carbocycles. The van der Waals surface area contributed by atoms with Crippen molar-refractivity contribution in [3.8, 4) is 0 Å². The minimum absolute atomic E-state index is 0.697. The monoisotopic (exact) mass is 211 g/mol. The normalized spacial score (nSPS) is 20.4. The molecule has 4 heteroatoms. The molecule has 0 bridgehead atoms. The van der Waals surface area contributed by atoms with Crippen molar-refractivity contribution in [1.82, 2.24) is 9.78 Å². The van der Waals surface area contributed by atoms with Crippen LogP contribution in [0.3, 0.4) is 0 Å². The zero-order valence-electron chi connectivity index (χ0n) is 9.00. The van der Waals surface area contributed by atoms with Crippen molar-refractivity contribution in [2.24, 2.45) is 7.05 Å². The maximum atomic E-state index is 4.51. The predicted octanol–water partition coefficient (Wildman–Crippen LogP) is 2.28. The fourth-order valence-electron chi connectivity index (χ4n) is 1.77. The Kier molecular flexibility index (Phi) is 2.72. The molecular formula is C10H17N3S. The number of aromatic nitrogens is 2. The highest BCUT2D eigenvalue weighted by atomic mass is 32.2. The van der Waals surface area contributed by atoms with Crippen LogP contribution in [0.2, 0.25) is 0 Å². The number of aryl methyl sites for hydroxylation is 2. The van der Waals surface area contributed by atoms with Crippen LogP contribution in [-0.4, -0.2) is 21.6 Å². The van der Waals surface area contributed by atoms with Crippen LogP contribution in [0.1, 0.15) is 26.0 Å². The standard InChI is InChI=1S/C10H17N3S/c1-4-7-6-11-9-8(5-2)12-13(3)10(9)14-7/h7,11H,4-6H2,1-3H3. The van der Waals surface area contributed by atoms with Crippen molar-refractivity contribution < 1.29 is 0 Å². The summed E-state index contributed by atoms with van der Waals surface area (Å²) >= 11 is 1.96. The summed E-state index contributed by atoms with van der Waals surface area (Å²) in [6, 6.07) is 0. The van der Waals surface area contributed by atoms with Gasteiger partial charge >= 0.3 is 0 Å². The molecule has 14 heavy (non-hydrogen) atoms. The molecule has 1 aliphatic heterocycles. The molecule has 1 atom stereocenters. The average Bonchev–Trinajstić information content (AvgIpc) is 2.55. The first-order valence-electron chi connectivity index (χ1n) is 5.22. The molecule has 0 aromatic carbocycles. The molecule has 3 nitrogen and oxygen atoms in total. The van der Waals surface area contributed by atoms with Crippen LogP contribution in [0.5, 0.6) is 0 Å². The van der Waals surface area contributed by atoms with E-state index in [4.69, 9.17) is 0 Å². The largest absolute Gasteiger partial charge is 0.380 e. The summed E-state index contributed by atoms with van der Waals surface area (Å²) in [6.07, 6.45) is 2.22. The number of fused-ring (bicyclic) bond motifs is 1. The number of nitrogens with zero attached hydrogens (tertiary/aromatic N) is 2. The highest BCUT2D eigenvalue weighted by Crippen LogP contribution is 2.37. The lowest BCUT2D eigenvalue weighted by Gasteiger charge is -2.22. The first kappa shape index (κ1) is 9.90. The lowest BCUT2D eigenvalue weighted by atomic mass is 10.2. The van der Waals surface area contributed by atoms with Crippen molar-refractivity contribution in [3.05, 3.63) is 5.69 Å². The lowest BCUT2D eigenvalue weighted by molar-refractivity contribution is 0.681. The third kappa shape index (κ3) is 1.52. The predicted molar refractivity (Wildman–Crippen MR) is 61.0 cm³/mol. The molecule has 1 aromatic rings. The summed E-state index contributed by atoms with van der Waals surface area (Å²) in [6.45, 7) is 5.47. The van der Waals surface area contributed by atoms with Crippen LogP contribution >= 0.6 is 11.8 Å². The van der Waals surface area contributed by atoms with Crippen LogP contribution in [0.25, 0.3) is 0 Å². The fourth-order valence-corrected chi connectivity index (χ4v) is 2.92. The van der Waals surface area contributed by atoms with Gasteiger partial charge in [0.25, 0.3) is 0 Å². The molecule has 78 valence electrons. The Bertz CT molecular complexity index is 332. The number of nitrogens with one attached hydrogen (secondary N) is 1. The summed E-state index contributed by atoms with van der Waals surface area (Å²) in [5.74, 6) is 0. The van der Waals surface area contributed by atoms with Gasteiger partial charge in [-0.25, -0.2) is 0 Å². The van der Waals surface area contributed by atoms with Gasteiger partial charge in [-0.3, -0.25) is 4.68 Å². The van der Waals surface area contributed by atoms with Crippen molar-refractivity contribution >= 4 is 17.4 Å². The zero-order chi connectivity index (χ0) is 10.1. The van der Waals surface area contributed by atoms with Gasteiger partial charge in [-0.05, 0) is 12.8 Å². The van der Waals surface area contributed by atoms with Gasteiger partial charge in [-0.15, -0.1) is 0 Å². The van der Waals surface area contributed by atoms with Gasteiger partial charge in [-0.1, -0.05) is 25.6 Å². The van der Waals surface area contributed by atoms with Crippen molar-refractivity contribution in [1.29, 1.82) is 0 Å². The smallest absolute Gasteiger partial charge is 0.117 e. The molecule has 0 aliphatic carbocycles. The molecule has 0 spiro atoms. The van der Waals surface area contributed by atoms with E-state index in [9.17, 15) is 0 Å². The summed E-state index contributed by atoms with van der Waals surface area (Å²) < 4.78 is 2.01. The van der Waals surface area contributed by atoms with E-state index >= 15 is 0 Å². The Morgan fingerprint density at radius 2 is 2.36 bits per heavy atom. The summed E-state index contributed by atoms with van der Waals surface area (Å²) in [5.41, 5.74) is 2.47. The van der Waals surface area contributed by atoms with Crippen molar-refractivity contribution in [3.63, 3.8) is 0 Å². The Morgan fingerprint density at radius 3 is 3.00 bits per heavy atom. The fraction of sp³-hybridized carbons (Fsp3) is 0.700. The second kappa shape index (κ2) is 3.85. The molecule has 0 saturated heterocycles. The van der Waals surface area contributed by atoms with Crippen LogP contribution < -0.4 is 5.32 Å². The minimum Gasteiger partial charge on any atom is -0.380 e. The van der Waals surface area contributed by atoms with Gasteiger partial charge in [-0.2, -0.15) is 5.10 Å². The summed E-state index contributed by atoms with van der Waals surface area (Å²) in [5, 5.41) is 10.0. The molecule has 1 unspecified atom stereocenters. The second-order valence-corrected chi connectivity index (χ2v) is 4.92. The number of anilines is 1. The lowest BCUT2D eigenvalue weighted by Crippen LogP contribution is -2.21. The van der Waals surface area contributed by atoms with E-state index in [1.165, 1.54) is 22.8 Å². The van der Waals surface area contributed by atoms with Crippen molar-refractivity contribution in [2.45, 2.75) is 37.0 Å². The highest BCUT2D eigenvalue weighted by molar-refractivity contribution is 8.00. The van der Waals surface area contributed by atoms with Crippen LogP contribution in [-0.2, 0) is 13.5 Å². The van der Waals surface area contributed by atoms with Crippen LogP contribution in [0, 0.1) is 0 Å². The van der Waals surface area contributed by atoms with Gasteiger partial charge in [0.15, 0.2) is 0 Å². The Morgan fingerprint density at radius 1 is 1.57 bits per heavy atom. The number of hydrogen-bond donors (Lipinski definition) is 1. The van der Waals surface area contributed by atoms with E-state index < -0.39 is 0 Å². The molecule has 0 radical (unpaired) electrons. The highest BCUT2D eigenvalue weighted by Gasteiger charge is 2.23. The molecule has 1 aromatic heterocycles. The molecule has 2 heterocycles. The van der Waals surface area contributed by atoms with E-state index in [1.807, 2.05) is 23.5 Å². The third-order valence-corrected chi connectivity index (χ3v) is 4.17. The molecule has 2 rings (SSSR count). The Hall–Kier alpha value is -0.640. The van der Waals surface area contributed by atoms with Crippen LogP contribution in [0.15, 0.2) is 5.03 Å². The van der Waals surface area contributed by atoms with Crippen LogP contribution in [0.4, 0.5) is 5.69 Å². The van der Waals surface area contributed by atoms with Gasteiger partial charge in [0, 0.05) is 18.8 Å². The van der Waals surface area contributed by atoms with Gasteiger partial charge in [0.2, 0.25) is 0 Å². The maximum Gasteiger partial charge on any atom is 0.117 e. The summed E-state index contributed by atoms with van der Waals surface area (Å²) in [7, 11) is 2.03. The second-order valence-electron chi connectivity index (χ2n) is 3.63. The van der Waals surface area contributed by atoms with E-state index in [2.05, 4.69) is 24.3 Å². The third-order valence-electron chi connectivity index (χ3n) is 2.64. The quantitative estimate of drug-likeness (QED) is 0.814. The molecular weight excluding hydrogens is 194 g/mol. The zero-order valence-corrected chi connectivity index (χ0v) is 9.82. The number of hydrogen-bond acceptors (Lipinski definition) is 3. The Balaban J connectivity index is 2.33. The van der Waals surface area contributed by atoms with Gasteiger partial charge < -0.3 is 5.32 Å². The van der Waals surface area contributed by atoms with E-state index in [0.717, 1.165) is 13.0 Å². The van der Waals surface area contributed by atoms with Gasteiger partial charge in [0.1, 0.15) is 5.03 Å². The van der Waals surface area contributed by atoms with E-state index in [1.54, 1.807) is 0 Å². The molecule has 0 fully saturated rings. The Labute approximate surface area is 89.3 Å².